The number of piperazine rings is 1. The molecule has 0 atom stereocenters. The molecule has 2 aromatic carbocycles. The quantitative estimate of drug-likeness (QED) is 0.581. The first kappa shape index (κ1) is 23.3. The van der Waals surface area contributed by atoms with Gasteiger partial charge in [0.05, 0.1) is 18.4 Å². The van der Waals surface area contributed by atoms with E-state index in [1.54, 1.807) is 37.5 Å². The zero-order chi connectivity index (χ0) is 22.9. The number of carboxylic acids is 1. The predicted octanol–water partition coefficient (Wildman–Crippen LogP) is 2.67. The molecule has 0 unspecified atom stereocenters. The average molecular weight is 440 g/mol. The molecule has 0 radical (unpaired) electrons. The molecule has 3 rings (SSSR count). The highest BCUT2D eigenvalue weighted by Crippen LogP contribution is 2.28. The van der Waals surface area contributed by atoms with Crippen molar-refractivity contribution in [3.63, 3.8) is 0 Å². The van der Waals surface area contributed by atoms with Gasteiger partial charge >= 0.3 is 5.97 Å². The van der Waals surface area contributed by atoms with E-state index in [-0.39, 0.29) is 11.3 Å². The molecule has 1 amide bonds. The van der Waals surface area contributed by atoms with Crippen LogP contribution in [0.1, 0.15) is 15.9 Å². The van der Waals surface area contributed by atoms with E-state index in [2.05, 4.69) is 22.2 Å². The summed E-state index contributed by atoms with van der Waals surface area (Å²) in [5, 5.41) is 11.8. The number of benzene rings is 2. The lowest BCUT2D eigenvalue weighted by Crippen LogP contribution is -2.45. The van der Waals surface area contributed by atoms with E-state index in [4.69, 9.17) is 9.47 Å². The van der Waals surface area contributed by atoms with E-state index in [0.717, 1.165) is 38.3 Å². The summed E-state index contributed by atoms with van der Waals surface area (Å²) in [6.07, 6.45) is 2.98. The summed E-state index contributed by atoms with van der Waals surface area (Å²) in [6.45, 7) is 5.65. The maximum atomic E-state index is 12.2. The number of amides is 1. The van der Waals surface area contributed by atoms with Crippen LogP contribution in [-0.4, -0.2) is 80.3 Å². The second-order valence-electron chi connectivity index (χ2n) is 7.58. The van der Waals surface area contributed by atoms with Crippen LogP contribution in [0.15, 0.2) is 48.5 Å². The molecule has 1 saturated heterocycles. The molecule has 0 spiro atoms. The number of rotatable bonds is 9. The largest absolute Gasteiger partial charge is 0.493 e. The molecular formula is C24H29N3O5. The number of aromatic carboxylic acids is 1. The van der Waals surface area contributed by atoms with Crippen LogP contribution in [0.5, 0.6) is 11.5 Å². The summed E-state index contributed by atoms with van der Waals surface area (Å²) in [6, 6.07) is 11.7. The Morgan fingerprint density at radius 2 is 1.84 bits per heavy atom. The van der Waals surface area contributed by atoms with Crippen LogP contribution in [0, 0.1) is 0 Å². The minimum Gasteiger partial charge on any atom is -0.493 e. The highest BCUT2D eigenvalue weighted by atomic mass is 16.5. The normalized spacial score (nSPS) is 14.9. The maximum absolute atomic E-state index is 12.2. The predicted molar refractivity (Wildman–Crippen MR) is 123 cm³/mol. The Labute approximate surface area is 188 Å². The molecule has 0 bridgehead atoms. The molecule has 0 aliphatic carbocycles. The molecule has 170 valence electrons. The van der Waals surface area contributed by atoms with Crippen molar-refractivity contribution in [3.8, 4) is 11.5 Å². The number of ether oxygens (including phenoxy) is 2. The van der Waals surface area contributed by atoms with Gasteiger partial charge in [-0.15, -0.1) is 0 Å². The second kappa shape index (κ2) is 11.3. The van der Waals surface area contributed by atoms with Crippen LogP contribution in [0.2, 0.25) is 0 Å². The van der Waals surface area contributed by atoms with Crippen LogP contribution in [0.4, 0.5) is 5.69 Å². The fourth-order valence-corrected chi connectivity index (χ4v) is 3.39. The van der Waals surface area contributed by atoms with Crippen molar-refractivity contribution in [3.05, 3.63) is 59.7 Å². The van der Waals surface area contributed by atoms with Crippen LogP contribution < -0.4 is 14.8 Å². The first-order valence-corrected chi connectivity index (χ1v) is 10.5. The monoisotopic (exact) mass is 439 g/mol. The summed E-state index contributed by atoms with van der Waals surface area (Å²) in [5.74, 6) is -0.288. The number of likely N-dealkylation sites (N-methyl/N-ethyl adjacent to an activating group) is 1. The Kier molecular flexibility index (Phi) is 8.24. The first-order valence-electron chi connectivity index (χ1n) is 10.5. The van der Waals surface area contributed by atoms with E-state index >= 15 is 0 Å². The van der Waals surface area contributed by atoms with Gasteiger partial charge in [0.25, 0.3) is 0 Å². The summed E-state index contributed by atoms with van der Waals surface area (Å²) in [4.78, 5) is 28.2. The zero-order valence-electron chi connectivity index (χ0n) is 18.4. The van der Waals surface area contributed by atoms with E-state index in [0.29, 0.717) is 18.1 Å². The molecule has 0 saturated carbocycles. The lowest BCUT2D eigenvalue weighted by Gasteiger charge is -2.32. The van der Waals surface area contributed by atoms with Crippen LogP contribution >= 0.6 is 0 Å². The summed E-state index contributed by atoms with van der Waals surface area (Å²) < 4.78 is 11.4. The highest BCUT2D eigenvalue weighted by molar-refractivity contribution is 6.06. The Morgan fingerprint density at radius 1 is 1.09 bits per heavy atom. The molecule has 8 nitrogen and oxygen atoms in total. The molecule has 0 aromatic heterocycles. The third kappa shape index (κ3) is 6.57. The van der Waals surface area contributed by atoms with Crippen LogP contribution in [0.3, 0.4) is 0 Å². The molecular weight excluding hydrogens is 410 g/mol. The molecule has 32 heavy (non-hydrogen) atoms. The van der Waals surface area contributed by atoms with Gasteiger partial charge < -0.3 is 24.8 Å². The van der Waals surface area contributed by atoms with Crippen molar-refractivity contribution in [2.75, 3.05) is 58.8 Å². The standard InChI is InChI=1S/C24H29N3O5/c1-26-11-13-27(14-12-26)15-16-32-21-9-7-18(17-22(21)31-2)8-10-23(28)25-20-6-4-3-5-19(20)24(29)30/h3-10,17H,11-16H2,1-2H3,(H,25,28)(H,29,30). The summed E-state index contributed by atoms with van der Waals surface area (Å²) in [5.41, 5.74) is 1.04. The van der Waals surface area contributed by atoms with Crippen molar-refractivity contribution in [1.82, 2.24) is 9.80 Å². The minimum atomic E-state index is -1.10. The number of para-hydroxylation sites is 1. The highest BCUT2D eigenvalue weighted by Gasteiger charge is 2.14. The molecule has 1 aliphatic rings. The number of hydrogen-bond acceptors (Lipinski definition) is 6. The van der Waals surface area contributed by atoms with Gasteiger partial charge in [0, 0.05) is 38.8 Å². The van der Waals surface area contributed by atoms with Crippen molar-refractivity contribution in [1.29, 1.82) is 0 Å². The lowest BCUT2D eigenvalue weighted by molar-refractivity contribution is -0.111. The molecule has 2 N–H and O–H groups in total. The van der Waals surface area contributed by atoms with Gasteiger partial charge in [0.1, 0.15) is 6.61 Å². The Morgan fingerprint density at radius 3 is 2.56 bits per heavy atom. The van der Waals surface area contributed by atoms with Crippen molar-refractivity contribution in [2.45, 2.75) is 0 Å². The zero-order valence-corrected chi connectivity index (χ0v) is 18.4. The number of carbonyl (C=O) groups excluding carboxylic acids is 1. The Balaban J connectivity index is 1.56. The third-order valence-electron chi connectivity index (χ3n) is 5.29. The maximum Gasteiger partial charge on any atom is 0.337 e. The number of nitrogens with one attached hydrogen (secondary N) is 1. The van der Waals surface area contributed by atoms with Crippen molar-refractivity contribution >= 4 is 23.6 Å². The van der Waals surface area contributed by atoms with E-state index in [1.165, 1.54) is 12.1 Å². The fourth-order valence-electron chi connectivity index (χ4n) is 3.39. The Hall–Kier alpha value is -3.36. The molecule has 1 heterocycles. The molecule has 1 fully saturated rings. The number of nitrogens with zero attached hydrogens (tertiary/aromatic N) is 2. The van der Waals surface area contributed by atoms with Crippen molar-refractivity contribution in [2.24, 2.45) is 0 Å². The van der Waals surface area contributed by atoms with E-state index in [1.807, 2.05) is 12.1 Å². The van der Waals surface area contributed by atoms with Crippen LogP contribution in [0.25, 0.3) is 6.08 Å². The van der Waals surface area contributed by atoms with Gasteiger partial charge in [0.2, 0.25) is 5.91 Å². The first-order chi connectivity index (χ1) is 15.5. The second-order valence-corrected chi connectivity index (χ2v) is 7.58. The van der Waals surface area contributed by atoms with Gasteiger partial charge in [0.15, 0.2) is 11.5 Å². The number of methoxy groups -OCH3 is 1. The Bertz CT molecular complexity index is 968. The fraction of sp³-hybridized carbons (Fsp3) is 0.333. The van der Waals surface area contributed by atoms with Gasteiger partial charge in [-0.25, -0.2) is 4.79 Å². The molecule has 1 aliphatic heterocycles. The minimum absolute atomic E-state index is 0.0361. The van der Waals surface area contributed by atoms with E-state index < -0.39 is 11.9 Å². The third-order valence-corrected chi connectivity index (χ3v) is 5.29. The number of carboxylic acid groups (broad SMARTS) is 1. The average Bonchev–Trinajstić information content (AvgIpc) is 2.79. The number of anilines is 1. The molecule has 2 aromatic rings. The number of carbonyl (C=O) groups is 2. The van der Waals surface area contributed by atoms with Gasteiger partial charge in [-0.05, 0) is 43.0 Å². The van der Waals surface area contributed by atoms with Gasteiger partial charge in [-0.1, -0.05) is 18.2 Å². The van der Waals surface area contributed by atoms with Gasteiger partial charge in [-0.2, -0.15) is 0 Å². The van der Waals surface area contributed by atoms with Crippen LogP contribution in [-0.2, 0) is 4.79 Å². The topological polar surface area (TPSA) is 91.3 Å². The molecule has 8 heteroatoms. The van der Waals surface area contributed by atoms with Crippen molar-refractivity contribution < 1.29 is 24.2 Å². The SMILES string of the molecule is COc1cc(C=CC(=O)Nc2ccccc2C(=O)O)ccc1OCCN1CCN(C)CC1. The lowest BCUT2D eigenvalue weighted by atomic mass is 10.1. The van der Waals surface area contributed by atoms with Gasteiger partial charge in [-0.3, -0.25) is 9.69 Å². The summed E-state index contributed by atoms with van der Waals surface area (Å²) in [7, 11) is 3.71. The summed E-state index contributed by atoms with van der Waals surface area (Å²) >= 11 is 0. The van der Waals surface area contributed by atoms with E-state index in [9.17, 15) is 14.7 Å². The number of hydrogen-bond donors (Lipinski definition) is 2. The smallest absolute Gasteiger partial charge is 0.337 e.